The average molecular weight is 275 g/mol. The predicted octanol–water partition coefficient (Wildman–Crippen LogP) is 1.13. The fraction of sp³-hybridized carbons (Fsp3) is 0.333. The summed E-state index contributed by atoms with van der Waals surface area (Å²) in [5, 5.41) is 19.5. The molecule has 0 aliphatic carbocycles. The van der Waals surface area contributed by atoms with Crippen molar-refractivity contribution in [3.05, 3.63) is 29.8 Å². The van der Waals surface area contributed by atoms with E-state index in [0.717, 1.165) is 5.56 Å². The Kier molecular flexibility index (Phi) is 4.26. The fourth-order valence-corrected chi connectivity index (χ4v) is 1.62. The number of nitrogens with one attached hydrogen (secondary N) is 3. The Morgan fingerprint density at radius 3 is 2.50 bits per heavy atom. The molecule has 2 aromatic rings. The highest BCUT2D eigenvalue weighted by molar-refractivity contribution is 5.98. The predicted molar refractivity (Wildman–Crippen MR) is 75.4 cm³/mol. The van der Waals surface area contributed by atoms with Crippen LogP contribution in [0.4, 0.5) is 16.4 Å². The standard InChI is InChI=1S/C12H17N7O/c1-8(13-2)9-4-6-10(7-5-9)14-12(20)15-11-16-18-19(3)17-11/h4-8,13H,1-3H3,(H2,14,15,17,20). The second-order valence-corrected chi connectivity index (χ2v) is 4.31. The van der Waals surface area contributed by atoms with Crippen LogP contribution in [0.1, 0.15) is 18.5 Å². The number of carbonyl (C=O) groups excluding carboxylic acids is 1. The first-order chi connectivity index (χ1) is 9.58. The molecule has 1 aromatic carbocycles. The maximum absolute atomic E-state index is 11.7. The Balaban J connectivity index is 1.94. The van der Waals surface area contributed by atoms with E-state index in [1.54, 1.807) is 7.05 Å². The van der Waals surface area contributed by atoms with Crippen molar-refractivity contribution >= 4 is 17.7 Å². The maximum atomic E-state index is 11.7. The van der Waals surface area contributed by atoms with Crippen molar-refractivity contribution in [1.82, 2.24) is 25.5 Å². The SMILES string of the molecule is CNC(C)c1ccc(NC(=O)Nc2nnn(C)n2)cc1. The number of rotatable bonds is 4. The molecule has 0 bridgehead atoms. The van der Waals surface area contributed by atoms with Gasteiger partial charge in [-0.05, 0) is 36.9 Å². The molecule has 1 aromatic heterocycles. The summed E-state index contributed by atoms with van der Waals surface area (Å²) in [6, 6.07) is 7.45. The van der Waals surface area contributed by atoms with Gasteiger partial charge in [-0.2, -0.15) is 4.80 Å². The van der Waals surface area contributed by atoms with E-state index in [1.165, 1.54) is 4.80 Å². The topological polar surface area (TPSA) is 96.8 Å². The van der Waals surface area contributed by atoms with E-state index in [4.69, 9.17) is 0 Å². The van der Waals surface area contributed by atoms with Crippen LogP contribution in [0.15, 0.2) is 24.3 Å². The Hall–Kier alpha value is -2.48. The number of anilines is 2. The van der Waals surface area contributed by atoms with E-state index in [-0.39, 0.29) is 12.0 Å². The zero-order chi connectivity index (χ0) is 14.5. The Morgan fingerprint density at radius 2 is 1.95 bits per heavy atom. The van der Waals surface area contributed by atoms with Gasteiger partial charge in [0.05, 0.1) is 7.05 Å². The minimum atomic E-state index is -0.410. The van der Waals surface area contributed by atoms with Gasteiger partial charge in [-0.25, -0.2) is 4.79 Å². The van der Waals surface area contributed by atoms with Crippen LogP contribution < -0.4 is 16.0 Å². The summed E-state index contributed by atoms with van der Waals surface area (Å²) >= 11 is 0. The number of nitrogens with zero attached hydrogens (tertiary/aromatic N) is 4. The number of urea groups is 1. The lowest BCUT2D eigenvalue weighted by Crippen LogP contribution is -2.20. The van der Waals surface area contributed by atoms with E-state index in [2.05, 4.69) is 38.3 Å². The van der Waals surface area contributed by atoms with Gasteiger partial charge in [-0.3, -0.25) is 5.32 Å². The molecular weight excluding hydrogens is 258 g/mol. The van der Waals surface area contributed by atoms with Crippen LogP contribution in [0, 0.1) is 0 Å². The van der Waals surface area contributed by atoms with Gasteiger partial charge in [0.1, 0.15) is 0 Å². The third-order valence-corrected chi connectivity index (χ3v) is 2.84. The monoisotopic (exact) mass is 275 g/mol. The Labute approximate surface area is 116 Å². The average Bonchev–Trinajstić information content (AvgIpc) is 2.84. The van der Waals surface area contributed by atoms with Crippen molar-refractivity contribution in [1.29, 1.82) is 0 Å². The molecule has 2 amide bonds. The molecule has 1 atom stereocenters. The summed E-state index contributed by atoms with van der Waals surface area (Å²) in [5.41, 5.74) is 1.84. The third kappa shape index (κ3) is 3.51. The molecule has 2 rings (SSSR count). The largest absolute Gasteiger partial charge is 0.326 e. The summed E-state index contributed by atoms with van der Waals surface area (Å²) in [5.74, 6) is 0.158. The second-order valence-electron chi connectivity index (χ2n) is 4.31. The molecule has 106 valence electrons. The van der Waals surface area contributed by atoms with Crippen LogP contribution in [0.2, 0.25) is 0 Å². The fourth-order valence-electron chi connectivity index (χ4n) is 1.62. The van der Waals surface area contributed by atoms with Crippen molar-refractivity contribution in [2.75, 3.05) is 17.7 Å². The van der Waals surface area contributed by atoms with Gasteiger partial charge in [0.15, 0.2) is 0 Å². The summed E-state index contributed by atoms with van der Waals surface area (Å²) in [6.07, 6.45) is 0. The number of benzene rings is 1. The molecular formula is C12H17N7O. The van der Waals surface area contributed by atoms with Gasteiger partial charge in [-0.1, -0.05) is 17.2 Å². The zero-order valence-electron chi connectivity index (χ0n) is 11.6. The molecule has 0 saturated heterocycles. The first kappa shape index (κ1) is 13.9. The molecule has 8 heteroatoms. The summed E-state index contributed by atoms with van der Waals surface area (Å²) < 4.78 is 0. The number of hydrogen-bond acceptors (Lipinski definition) is 5. The van der Waals surface area contributed by atoms with Crippen LogP contribution in [-0.2, 0) is 7.05 Å². The van der Waals surface area contributed by atoms with Gasteiger partial charge in [0.25, 0.3) is 5.95 Å². The minimum Gasteiger partial charge on any atom is -0.313 e. The molecule has 3 N–H and O–H groups in total. The lowest BCUT2D eigenvalue weighted by atomic mass is 10.1. The molecule has 0 saturated carbocycles. The highest BCUT2D eigenvalue weighted by atomic mass is 16.2. The van der Waals surface area contributed by atoms with Crippen molar-refractivity contribution in [2.45, 2.75) is 13.0 Å². The van der Waals surface area contributed by atoms with E-state index in [9.17, 15) is 4.79 Å². The first-order valence-corrected chi connectivity index (χ1v) is 6.17. The first-order valence-electron chi connectivity index (χ1n) is 6.17. The zero-order valence-corrected chi connectivity index (χ0v) is 11.6. The molecule has 0 radical (unpaired) electrons. The Bertz CT molecular complexity index is 578. The van der Waals surface area contributed by atoms with Crippen LogP contribution in [0.25, 0.3) is 0 Å². The minimum absolute atomic E-state index is 0.158. The molecule has 1 unspecified atom stereocenters. The van der Waals surface area contributed by atoms with E-state index in [1.807, 2.05) is 31.3 Å². The van der Waals surface area contributed by atoms with E-state index >= 15 is 0 Å². The molecule has 0 aliphatic rings. The lowest BCUT2D eigenvalue weighted by Gasteiger charge is -2.11. The van der Waals surface area contributed by atoms with Gasteiger partial charge in [-0.15, -0.1) is 5.10 Å². The Morgan fingerprint density at radius 1 is 1.25 bits per heavy atom. The number of amides is 2. The van der Waals surface area contributed by atoms with Crippen LogP contribution in [0.3, 0.4) is 0 Å². The molecule has 0 aliphatic heterocycles. The second kappa shape index (κ2) is 6.11. The molecule has 8 nitrogen and oxygen atoms in total. The number of carbonyl (C=O) groups is 1. The molecule has 0 spiro atoms. The highest BCUT2D eigenvalue weighted by Crippen LogP contribution is 2.15. The van der Waals surface area contributed by atoms with E-state index < -0.39 is 6.03 Å². The smallest absolute Gasteiger partial charge is 0.313 e. The molecule has 1 heterocycles. The van der Waals surface area contributed by atoms with Crippen molar-refractivity contribution in [3.63, 3.8) is 0 Å². The number of aryl methyl sites for hydroxylation is 1. The van der Waals surface area contributed by atoms with Crippen molar-refractivity contribution in [2.24, 2.45) is 7.05 Å². The van der Waals surface area contributed by atoms with Crippen LogP contribution >= 0.6 is 0 Å². The third-order valence-electron chi connectivity index (χ3n) is 2.84. The van der Waals surface area contributed by atoms with Gasteiger partial charge in [0, 0.05) is 11.7 Å². The number of tetrazole rings is 1. The van der Waals surface area contributed by atoms with Crippen LogP contribution in [-0.4, -0.2) is 33.3 Å². The van der Waals surface area contributed by atoms with Gasteiger partial charge in [0.2, 0.25) is 0 Å². The van der Waals surface area contributed by atoms with Crippen molar-refractivity contribution in [3.8, 4) is 0 Å². The number of aromatic nitrogens is 4. The molecule has 0 fully saturated rings. The summed E-state index contributed by atoms with van der Waals surface area (Å²) in [7, 11) is 3.52. The quantitative estimate of drug-likeness (QED) is 0.777. The molecule has 20 heavy (non-hydrogen) atoms. The lowest BCUT2D eigenvalue weighted by molar-refractivity contribution is 0.262. The van der Waals surface area contributed by atoms with Gasteiger partial charge >= 0.3 is 6.03 Å². The number of hydrogen-bond donors (Lipinski definition) is 3. The van der Waals surface area contributed by atoms with Crippen molar-refractivity contribution < 1.29 is 4.79 Å². The van der Waals surface area contributed by atoms with Gasteiger partial charge < -0.3 is 10.6 Å². The summed E-state index contributed by atoms with van der Waals surface area (Å²) in [4.78, 5) is 13.0. The van der Waals surface area contributed by atoms with Crippen LogP contribution in [0.5, 0.6) is 0 Å². The summed E-state index contributed by atoms with van der Waals surface area (Å²) in [6.45, 7) is 2.06. The van der Waals surface area contributed by atoms with E-state index in [0.29, 0.717) is 5.69 Å². The normalized spacial score (nSPS) is 11.9. The maximum Gasteiger partial charge on any atom is 0.326 e. The highest BCUT2D eigenvalue weighted by Gasteiger charge is 2.07.